The van der Waals surface area contributed by atoms with Crippen LogP contribution in [-0.2, 0) is 6.42 Å². The molecular formula is C11H15BrFNO. The van der Waals surface area contributed by atoms with E-state index in [9.17, 15) is 9.50 Å². The lowest BCUT2D eigenvalue weighted by molar-refractivity contribution is 0.0620. The molecular weight excluding hydrogens is 261 g/mol. The van der Waals surface area contributed by atoms with Crippen LogP contribution < -0.4 is 5.32 Å². The van der Waals surface area contributed by atoms with Crippen LogP contribution in [0.25, 0.3) is 0 Å². The maximum Gasteiger partial charge on any atom is 0.137 e. The highest BCUT2D eigenvalue weighted by Gasteiger charge is 2.21. The molecule has 0 aliphatic rings. The first-order valence-corrected chi connectivity index (χ1v) is 5.55. The van der Waals surface area contributed by atoms with Crippen molar-refractivity contribution in [2.24, 2.45) is 0 Å². The van der Waals surface area contributed by atoms with E-state index in [-0.39, 0.29) is 5.82 Å². The Bertz CT molecular complexity index is 341. The van der Waals surface area contributed by atoms with E-state index in [1.54, 1.807) is 26.1 Å². The van der Waals surface area contributed by atoms with Gasteiger partial charge in [0.1, 0.15) is 5.82 Å². The average Bonchev–Trinajstić information content (AvgIpc) is 2.12. The quantitative estimate of drug-likeness (QED) is 0.882. The standard InChI is InChI=1S/C11H15BrFNO/c1-11(15,7-14-2)6-8-4-3-5-9(13)10(8)12/h3-5,14-15H,6-7H2,1-2H3. The maximum atomic E-state index is 13.2. The minimum atomic E-state index is -0.870. The van der Waals surface area contributed by atoms with Crippen LogP contribution in [0.4, 0.5) is 4.39 Å². The predicted molar refractivity (Wildman–Crippen MR) is 62.4 cm³/mol. The third-order valence-corrected chi connectivity index (χ3v) is 3.05. The smallest absolute Gasteiger partial charge is 0.137 e. The fraction of sp³-hybridized carbons (Fsp3) is 0.455. The maximum absolute atomic E-state index is 13.2. The van der Waals surface area contributed by atoms with Gasteiger partial charge in [0.2, 0.25) is 0 Å². The molecule has 2 nitrogen and oxygen atoms in total. The second-order valence-corrected chi connectivity index (χ2v) is 4.71. The molecule has 0 saturated heterocycles. The van der Waals surface area contributed by atoms with Gasteiger partial charge >= 0.3 is 0 Å². The average molecular weight is 276 g/mol. The van der Waals surface area contributed by atoms with Gasteiger partial charge in [-0.1, -0.05) is 12.1 Å². The molecule has 84 valence electrons. The number of aliphatic hydroxyl groups is 1. The van der Waals surface area contributed by atoms with Gasteiger partial charge in [0.15, 0.2) is 0 Å². The number of halogens is 2. The molecule has 1 aromatic rings. The molecule has 0 spiro atoms. The molecule has 1 rings (SSSR count). The second kappa shape index (κ2) is 5.05. The van der Waals surface area contributed by atoms with Gasteiger partial charge in [-0.15, -0.1) is 0 Å². The summed E-state index contributed by atoms with van der Waals surface area (Å²) in [5.41, 5.74) is -0.0966. The minimum absolute atomic E-state index is 0.298. The van der Waals surface area contributed by atoms with E-state index in [2.05, 4.69) is 21.2 Å². The fourth-order valence-corrected chi connectivity index (χ4v) is 1.94. The molecule has 0 saturated carbocycles. The summed E-state index contributed by atoms with van der Waals surface area (Å²) in [5.74, 6) is -0.298. The molecule has 0 aromatic heterocycles. The molecule has 0 fully saturated rings. The topological polar surface area (TPSA) is 32.3 Å². The third-order valence-electron chi connectivity index (χ3n) is 2.16. The fourth-order valence-electron chi connectivity index (χ4n) is 1.54. The highest BCUT2D eigenvalue weighted by Crippen LogP contribution is 2.24. The molecule has 4 heteroatoms. The van der Waals surface area contributed by atoms with Crippen molar-refractivity contribution >= 4 is 15.9 Å². The summed E-state index contributed by atoms with van der Waals surface area (Å²) in [6.45, 7) is 2.19. The Morgan fingerprint density at radius 1 is 1.53 bits per heavy atom. The Morgan fingerprint density at radius 2 is 2.20 bits per heavy atom. The largest absolute Gasteiger partial charge is 0.389 e. The first-order valence-electron chi connectivity index (χ1n) is 4.76. The molecule has 0 radical (unpaired) electrons. The number of benzene rings is 1. The van der Waals surface area contributed by atoms with Gasteiger partial charge in [0, 0.05) is 13.0 Å². The number of rotatable bonds is 4. The van der Waals surface area contributed by atoms with E-state index in [0.717, 1.165) is 5.56 Å². The zero-order valence-corrected chi connectivity index (χ0v) is 10.4. The van der Waals surface area contributed by atoms with Crippen molar-refractivity contribution < 1.29 is 9.50 Å². The monoisotopic (exact) mass is 275 g/mol. The lowest BCUT2D eigenvalue weighted by Gasteiger charge is -2.23. The van der Waals surface area contributed by atoms with Gasteiger partial charge in [-0.25, -0.2) is 4.39 Å². The highest BCUT2D eigenvalue weighted by molar-refractivity contribution is 9.10. The molecule has 0 aliphatic heterocycles. The van der Waals surface area contributed by atoms with Crippen LogP contribution in [0.3, 0.4) is 0 Å². The molecule has 0 heterocycles. The van der Waals surface area contributed by atoms with Gasteiger partial charge in [0.25, 0.3) is 0 Å². The van der Waals surface area contributed by atoms with E-state index < -0.39 is 5.60 Å². The van der Waals surface area contributed by atoms with E-state index in [1.165, 1.54) is 6.07 Å². The Balaban J connectivity index is 2.85. The van der Waals surface area contributed by atoms with E-state index >= 15 is 0 Å². The first-order chi connectivity index (χ1) is 6.96. The first kappa shape index (κ1) is 12.6. The van der Waals surface area contributed by atoms with Crippen molar-refractivity contribution in [3.8, 4) is 0 Å². The summed E-state index contributed by atoms with van der Waals surface area (Å²) < 4.78 is 13.6. The number of hydrogen-bond donors (Lipinski definition) is 2. The van der Waals surface area contributed by atoms with Gasteiger partial charge in [-0.3, -0.25) is 0 Å². The summed E-state index contributed by atoms with van der Waals surface area (Å²) in [5, 5.41) is 12.9. The van der Waals surface area contributed by atoms with Crippen molar-refractivity contribution in [3.63, 3.8) is 0 Å². The summed E-state index contributed by atoms with van der Waals surface area (Å²) in [6.07, 6.45) is 0.409. The van der Waals surface area contributed by atoms with Crippen molar-refractivity contribution in [1.29, 1.82) is 0 Å². The van der Waals surface area contributed by atoms with Gasteiger partial charge in [-0.05, 0) is 41.5 Å². The van der Waals surface area contributed by atoms with Crippen LogP contribution >= 0.6 is 15.9 Å². The van der Waals surface area contributed by atoms with Crippen LogP contribution in [-0.4, -0.2) is 24.3 Å². The molecule has 1 unspecified atom stereocenters. The highest BCUT2D eigenvalue weighted by atomic mass is 79.9. The summed E-state index contributed by atoms with van der Waals surface area (Å²) in [7, 11) is 1.77. The van der Waals surface area contributed by atoms with Crippen molar-refractivity contribution in [1.82, 2.24) is 5.32 Å². The summed E-state index contributed by atoms with van der Waals surface area (Å²) in [6, 6.07) is 4.84. The lowest BCUT2D eigenvalue weighted by atomic mass is 9.96. The van der Waals surface area contributed by atoms with E-state index in [4.69, 9.17) is 0 Å². The van der Waals surface area contributed by atoms with Crippen LogP contribution in [0, 0.1) is 5.82 Å². The van der Waals surface area contributed by atoms with Gasteiger partial charge in [-0.2, -0.15) is 0 Å². The Labute approximate surface area is 97.6 Å². The van der Waals surface area contributed by atoms with Crippen molar-refractivity contribution in [3.05, 3.63) is 34.1 Å². The normalized spacial score (nSPS) is 15.0. The Hall–Kier alpha value is -0.450. The van der Waals surface area contributed by atoms with E-state index in [1.807, 2.05) is 0 Å². The van der Waals surface area contributed by atoms with Crippen molar-refractivity contribution in [2.75, 3.05) is 13.6 Å². The number of nitrogens with one attached hydrogen (secondary N) is 1. The SMILES string of the molecule is CNCC(C)(O)Cc1cccc(F)c1Br. The van der Waals surface area contributed by atoms with Crippen LogP contribution in [0.1, 0.15) is 12.5 Å². The van der Waals surface area contributed by atoms with Gasteiger partial charge < -0.3 is 10.4 Å². The number of hydrogen-bond acceptors (Lipinski definition) is 2. The van der Waals surface area contributed by atoms with Crippen LogP contribution in [0.5, 0.6) is 0 Å². The van der Waals surface area contributed by atoms with Gasteiger partial charge in [0.05, 0.1) is 10.1 Å². The second-order valence-electron chi connectivity index (χ2n) is 3.92. The van der Waals surface area contributed by atoms with Crippen molar-refractivity contribution in [2.45, 2.75) is 18.9 Å². The molecule has 1 atom stereocenters. The third kappa shape index (κ3) is 3.55. The van der Waals surface area contributed by atoms with E-state index in [0.29, 0.717) is 17.4 Å². The zero-order valence-electron chi connectivity index (χ0n) is 8.85. The van der Waals surface area contributed by atoms with Crippen LogP contribution in [0.15, 0.2) is 22.7 Å². The minimum Gasteiger partial charge on any atom is -0.389 e. The summed E-state index contributed by atoms with van der Waals surface area (Å²) in [4.78, 5) is 0. The molecule has 0 bridgehead atoms. The Kier molecular flexibility index (Phi) is 4.25. The lowest BCUT2D eigenvalue weighted by Crippen LogP contribution is -2.38. The molecule has 1 aromatic carbocycles. The summed E-state index contributed by atoms with van der Waals surface area (Å²) >= 11 is 3.18. The predicted octanol–water partition coefficient (Wildman–Crippen LogP) is 2.10. The molecule has 0 amide bonds. The molecule has 0 aliphatic carbocycles. The number of likely N-dealkylation sites (N-methyl/N-ethyl adjacent to an activating group) is 1. The molecule has 2 N–H and O–H groups in total. The Morgan fingerprint density at radius 3 is 2.80 bits per heavy atom. The van der Waals surface area contributed by atoms with Crippen LogP contribution in [0.2, 0.25) is 0 Å². The zero-order chi connectivity index (χ0) is 11.5. The molecule has 15 heavy (non-hydrogen) atoms.